The van der Waals surface area contributed by atoms with Crippen LogP contribution in [0, 0.1) is 5.82 Å². The monoisotopic (exact) mass is 304 g/mol. The second-order valence-electron chi connectivity index (χ2n) is 4.97. The maximum atomic E-state index is 14.0. The highest BCUT2D eigenvalue weighted by molar-refractivity contribution is 7.98. The van der Waals surface area contributed by atoms with E-state index < -0.39 is 0 Å². The lowest BCUT2D eigenvalue weighted by Crippen LogP contribution is -2.24. The van der Waals surface area contributed by atoms with Gasteiger partial charge in [0.2, 0.25) is 0 Å². The smallest absolute Gasteiger partial charge is 0.128 e. The largest absolute Gasteiger partial charge is 0.367 e. The van der Waals surface area contributed by atoms with E-state index in [0.29, 0.717) is 12.1 Å². The quantitative estimate of drug-likeness (QED) is 0.839. The average Bonchev–Trinajstić information content (AvgIpc) is 2.53. The summed E-state index contributed by atoms with van der Waals surface area (Å²) in [5.74, 6) is -0.174. The van der Waals surface area contributed by atoms with Gasteiger partial charge in [-0.25, -0.2) is 4.39 Å². The highest BCUT2D eigenvalue weighted by Crippen LogP contribution is 2.33. The number of benzene rings is 2. The third kappa shape index (κ3) is 3.22. The molecule has 0 saturated carbocycles. The second-order valence-corrected chi connectivity index (χ2v) is 5.82. The van der Waals surface area contributed by atoms with Crippen molar-refractivity contribution in [2.75, 3.05) is 18.2 Å². The van der Waals surface area contributed by atoms with E-state index in [-0.39, 0.29) is 11.9 Å². The molecule has 21 heavy (non-hydrogen) atoms. The Kier molecular flexibility index (Phi) is 5.26. The van der Waals surface area contributed by atoms with Gasteiger partial charge in [-0.15, -0.1) is 11.8 Å². The Morgan fingerprint density at radius 3 is 2.52 bits per heavy atom. The minimum absolute atomic E-state index is 0.0615. The van der Waals surface area contributed by atoms with Gasteiger partial charge in [-0.05, 0) is 31.4 Å². The van der Waals surface area contributed by atoms with Crippen molar-refractivity contribution in [3.8, 4) is 0 Å². The van der Waals surface area contributed by atoms with Crippen LogP contribution < -0.4 is 10.6 Å². The van der Waals surface area contributed by atoms with E-state index in [1.807, 2.05) is 44.5 Å². The zero-order chi connectivity index (χ0) is 15.4. The summed E-state index contributed by atoms with van der Waals surface area (Å²) in [6, 6.07) is 13.0. The summed E-state index contributed by atoms with van der Waals surface area (Å²) in [4.78, 5) is 3.25. The van der Waals surface area contributed by atoms with E-state index in [2.05, 4.69) is 11.0 Å². The summed E-state index contributed by atoms with van der Waals surface area (Å²) >= 11 is 1.68. The summed E-state index contributed by atoms with van der Waals surface area (Å²) in [6.07, 6.45) is 2.04. The first-order chi connectivity index (χ1) is 10.1. The molecular formula is C17H21FN2S. The van der Waals surface area contributed by atoms with Crippen molar-refractivity contribution >= 4 is 17.4 Å². The molecule has 0 heterocycles. The summed E-state index contributed by atoms with van der Waals surface area (Å²) < 4.78 is 14.0. The molecule has 2 N–H and O–H groups in total. The Morgan fingerprint density at radius 1 is 1.19 bits per heavy atom. The van der Waals surface area contributed by atoms with Crippen molar-refractivity contribution < 1.29 is 4.39 Å². The van der Waals surface area contributed by atoms with Crippen LogP contribution in [0.2, 0.25) is 0 Å². The van der Waals surface area contributed by atoms with Crippen LogP contribution in [0.3, 0.4) is 0 Å². The van der Waals surface area contributed by atoms with Gasteiger partial charge in [-0.2, -0.15) is 0 Å². The topological polar surface area (TPSA) is 29.3 Å². The van der Waals surface area contributed by atoms with Crippen LogP contribution in [0.4, 0.5) is 10.1 Å². The summed E-state index contributed by atoms with van der Waals surface area (Å²) in [5, 5.41) is 0. The van der Waals surface area contributed by atoms with E-state index in [1.165, 1.54) is 11.0 Å². The molecule has 1 atom stereocenters. The van der Waals surface area contributed by atoms with Crippen LogP contribution in [0.5, 0.6) is 0 Å². The van der Waals surface area contributed by atoms with Crippen LogP contribution in [0.15, 0.2) is 47.4 Å². The van der Waals surface area contributed by atoms with Gasteiger partial charge in [0.1, 0.15) is 5.82 Å². The highest BCUT2D eigenvalue weighted by Gasteiger charge is 2.18. The van der Waals surface area contributed by atoms with Crippen molar-refractivity contribution in [1.29, 1.82) is 0 Å². The minimum Gasteiger partial charge on any atom is -0.367 e. The summed E-state index contributed by atoms with van der Waals surface area (Å²) in [5.41, 5.74) is 8.77. The molecule has 0 aliphatic heterocycles. The van der Waals surface area contributed by atoms with Crippen molar-refractivity contribution in [2.45, 2.75) is 24.4 Å². The van der Waals surface area contributed by atoms with Gasteiger partial charge in [0.15, 0.2) is 0 Å². The van der Waals surface area contributed by atoms with Crippen LogP contribution in [0.25, 0.3) is 0 Å². The lowest BCUT2D eigenvalue weighted by molar-refractivity contribution is 0.585. The summed E-state index contributed by atoms with van der Waals surface area (Å²) in [6.45, 7) is 2.48. The number of halogens is 1. The number of hydrogen-bond donors (Lipinski definition) is 1. The van der Waals surface area contributed by atoms with Gasteiger partial charge in [0, 0.05) is 35.3 Å². The molecule has 112 valence electrons. The Balaban J connectivity index is 2.40. The molecule has 2 rings (SSSR count). The van der Waals surface area contributed by atoms with E-state index in [1.54, 1.807) is 17.8 Å². The zero-order valence-electron chi connectivity index (χ0n) is 12.6. The number of thioether (sulfide) groups is 1. The Labute approximate surface area is 130 Å². The van der Waals surface area contributed by atoms with Crippen molar-refractivity contribution in [3.05, 3.63) is 59.4 Å². The number of anilines is 1. The molecule has 0 radical (unpaired) electrons. The van der Waals surface area contributed by atoms with E-state index in [4.69, 9.17) is 5.73 Å². The minimum atomic E-state index is -0.174. The van der Waals surface area contributed by atoms with Crippen molar-refractivity contribution in [2.24, 2.45) is 5.73 Å². The van der Waals surface area contributed by atoms with Crippen molar-refractivity contribution in [3.63, 3.8) is 0 Å². The van der Waals surface area contributed by atoms with Crippen LogP contribution >= 0.6 is 11.8 Å². The van der Waals surface area contributed by atoms with Gasteiger partial charge in [0.25, 0.3) is 0 Å². The Morgan fingerprint density at radius 2 is 1.90 bits per heavy atom. The molecule has 1 unspecified atom stereocenters. The zero-order valence-corrected chi connectivity index (χ0v) is 13.5. The summed E-state index contributed by atoms with van der Waals surface area (Å²) in [7, 11) is 1.98. The first-order valence-corrected chi connectivity index (χ1v) is 8.15. The Bertz CT molecular complexity index is 615. The molecule has 2 nitrogen and oxygen atoms in total. The van der Waals surface area contributed by atoms with Crippen LogP contribution in [-0.4, -0.2) is 13.3 Å². The maximum absolute atomic E-state index is 14.0. The first-order valence-electron chi connectivity index (χ1n) is 6.93. The maximum Gasteiger partial charge on any atom is 0.128 e. The molecule has 0 fully saturated rings. The first kappa shape index (κ1) is 15.9. The van der Waals surface area contributed by atoms with Gasteiger partial charge in [0.05, 0.1) is 6.04 Å². The van der Waals surface area contributed by atoms with Crippen LogP contribution in [-0.2, 0) is 6.54 Å². The molecule has 0 aliphatic rings. The number of nitrogens with zero attached hydrogens (tertiary/aromatic N) is 1. The van der Waals surface area contributed by atoms with E-state index >= 15 is 0 Å². The standard InChI is InChI=1S/C17H21FN2S/c1-12(13-7-4-5-8-15(13)18)20(2)16-9-6-10-17(21-3)14(16)11-19/h4-10,12H,11,19H2,1-3H3. The molecule has 0 bridgehead atoms. The molecule has 4 heteroatoms. The normalized spacial score (nSPS) is 12.2. The molecule has 0 aliphatic carbocycles. The van der Waals surface area contributed by atoms with Crippen LogP contribution in [0.1, 0.15) is 24.1 Å². The second kappa shape index (κ2) is 6.96. The van der Waals surface area contributed by atoms with Gasteiger partial charge < -0.3 is 10.6 Å². The molecule has 0 spiro atoms. The third-order valence-electron chi connectivity index (χ3n) is 3.85. The molecule has 0 aromatic heterocycles. The van der Waals surface area contributed by atoms with Gasteiger partial charge >= 0.3 is 0 Å². The van der Waals surface area contributed by atoms with Gasteiger partial charge in [-0.3, -0.25) is 0 Å². The molecule has 2 aromatic carbocycles. The fourth-order valence-electron chi connectivity index (χ4n) is 2.51. The van der Waals surface area contributed by atoms with E-state index in [9.17, 15) is 4.39 Å². The lowest BCUT2D eigenvalue weighted by atomic mass is 10.0. The highest BCUT2D eigenvalue weighted by atomic mass is 32.2. The fourth-order valence-corrected chi connectivity index (χ4v) is 3.16. The number of hydrogen-bond acceptors (Lipinski definition) is 3. The van der Waals surface area contributed by atoms with Gasteiger partial charge in [-0.1, -0.05) is 24.3 Å². The Hall–Kier alpha value is -1.52. The predicted octanol–water partition coefficient (Wildman–Crippen LogP) is 4.20. The fraction of sp³-hybridized carbons (Fsp3) is 0.294. The molecule has 0 saturated heterocycles. The number of rotatable bonds is 5. The molecule has 0 amide bonds. The van der Waals surface area contributed by atoms with E-state index in [0.717, 1.165) is 11.3 Å². The lowest BCUT2D eigenvalue weighted by Gasteiger charge is -2.30. The predicted molar refractivity (Wildman–Crippen MR) is 89.3 cm³/mol. The number of nitrogens with two attached hydrogens (primary N) is 1. The third-order valence-corrected chi connectivity index (χ3v) is 4.67. The molecule has 2 aromatic rings. The average molecular weight is 304 g/mol. The SMILES string of the molecule is CSc1cccc(N(C)C(C)c2ccccc2F)c1CN. The van der Waals surface area contributed by atoms with Crippen molar-refractivity contribution in [1.82, 2.24) is 0 Å². The molecular weight excluding hydrogens is 283 g/mol.